The molecule has 0 atom stereocenters. The molecule has 0 aliphatic heterocycles. The van der Waals surface area contributed by atoms with Gasteiger partial charge in [0.05, 0.1) is 0 Å². The molecule has 0 saturated heterocycles. The second-order valence-corrected chi connectivity index (χ2v) is 3.46. The van der Waals surface area contributed by atoms with Crippen molar-refractivity contribution in [3.05, 3.63) is 65.7 Å². The van der Waals surface area contributed by atoms with E-state index in [0.29, 0.717) is 5.56 Å². The molecule has 0 heterocycles. The van der Waals surface area contributed by atoms with E-state index in [9.17, 15) is 8.78 Å². The van der Waals surface area contributed by atoms with Gasteiger partial charge in [-0.2, -0.15) is 0 Å². The molecule has 2 aromatic carbocycles. The number of halogens is 2. The van der Waals surface area contributed by atoms with Gasteiger partial charge in [0.1, 0.15) is 11.6 Å². The van der Waals surface area contributed by atoms with Crippen molar-refractivity contribution in [1.29, 1.82) is 0 Å². The third kappa shape index (κ3) is 2.57. The van der Waals surface area contributed by atoms with Crippen LogP contribution in [0.3, 0.4) is 0 Å². The Kier molecular flexibility index (Phi) is 3.15. The summed E-state index contributed by atoms with van der Waals surface area (Å²) in [5.74, 6) is -0.823. The van der Waals surface area contributed by atoms with E-state index >= 15 is 0 Å². The number of rotatable bonds is 3. The van der Waals surface area contributed by atoms with Gasteiger partial charge < -0.3 is 5.32 Å². The minimum absolute atomic E-state index is 0.271. The lowest BCUT2D eigenvalue weighted by molar-refractivity contribution is 0.587. The summed E-state index contributed by atoms with van der Waals surface area (Å²) in [5.41, 5.74) is 1.20. The van der Waals surface area contributed by atoms with E-state index in [-0.39, 0.29) is 6.54 Å². The van der Waals surface area contributed by atoms with Crippen LogP contribution in [0.15, 0.2) is 48.5 Å². The van der Waals surface area contributed by atoms with Crippen LogP contribution in [0.1, 0.15) is 5.56 Å². The molecule has 0 aromatic heterocycles. The minimum Gasteiger partial charge on any atom is -0.381 e. The molecule has 2 aromatic rings. The van der Waals surface area contributed by atoms with E-state index in [1.165, 1.54) is 6.07 Å². The Bertz CT molecular complexity index is 469. The third-order valence-electron chi connectivity index (χ3n) is 2.26. The highest BCUT2D eigenvalue weighted by Crippen LogP contribution is 2.12. The summed E-state index contributed by atoms with van der Waals surface area (Å²) < 4.78 is 26.1. The zero-order valence-corrected chi connectivity index (χ0v) is 8.58. The van der Waals surface area contributed by atoms with Crippen LogP contribution >= 0.6 is 0 Å². The number of hydrogen-bond donors (Lipinski definition) is 1. The minimum atomic E-state index is -0.425. The molecular formula is C13H11F2N. The van der Waals surface area contributed by atoms with Gasteiger partial charge >= 0.3 is 0 Å². The summed E-state index contributed by atoms with van der Waals surface area (Å²) in [6.45, 7) is 0.271. The van der Waals surface area contributed by atoms with Crippen LogP contribution in [0.5, 0.6) is 0 Å². The van der Waals surface area contributed by atoms with E-state index in [1.54, 1.807) is 0 Å². The van der Waals surface area contributed by atoms with Gasteiger partial charge in [-0.05, 0) is 30.3 Å². The van der Waals surface area contributed by atoms with Crippen molar-refractivity contribution < 1.29 is 8.78 Å². The molecular weight excluding hydrogens is 208 g/mol. The number of anilines is 1. The lowest BCUT2D eigenvalue weighted by atomic mass is 10.2. The highest BCUT2D eigenvalue weighted by atomic mass is 19.1. The monoisotopic (exact) mass is 219 g/mol. The van der Waals surface area contributed by atoms with Crippen molar-refractivity contribution in [3.63, 3.8) is 0 Å². The first kappa shape index (κ1) is 10.6. The molecule has 0 fully saturated rings. The fraction of sp³-hybridized carbons (Fsp3) is 0.0769. The second-order valence-electron chi connectivity index (χ2n) is 3.46. The van der Waals surface area contributed by atoms with E-state index in [4.69, 9.17) is 0 Å². The summed E-state index contributed by atoms with van der Waals surface area (Å²) in [6, 6.07) is 12.8. The van der Waals surface area contributed by atoms with Gasteiger partial charge in [0.2, 0.25) is 0 Å². The van der Waals surface area contributed by atoms with Crippen molar-refractivity contribution in [3.8, 4) is 0 Å². The summed E-state index contributed by atoms with van der Waals surface area (Å²) in [6.07, 6.45) is 0. The fourth-order valence-electron chi connectivity index (χ4n) is 1.43. The fourth-order valence-corrected chi connectivity index (χ4v) is 1.43. The lowest BCUT2D eigenvalue weighted by Crippen LogP contribution is -2.02. The van der Waals surface area contributed by atoms with Crippen molar-refractivity contribution >= 4 is 5.69 Å². The Morgan fingerprint density at radius 1 is 0.938 bits per heavy atom. The summed E-state index contributed by atoms with van der Waals surface area (Å²) in [5, 5.41) is 3.02. The van der Waals surface area contributed by atoms with Crippen LogP contribution < -0.4 is 5.32 Å². The lowest BCUT2D eigenvalue weighted by Gasteiger charge is -2.07. The largest absolute Gasteiger partial charge is 0.381 e. The van der Waals surface area contributed by atoms with E-state index in [0.717, 1.165) is 17.8 Å². The molecule has 0 aliphatic rings. The third-order valence-corrected chi connectivity index (χ3v) is 2.26. The topological polar surface area (TPSA) is 12.0 Å². The van der Waals surface area contributed by atoms with Gasteiger partial charge in [-0.1, -0.05) is 18.2 Å². The molecule has 0 saturated carbocycles. The van der Waals surface area contributed by atoms with Gasteiger partial charge in [-0.25, -0.2) is 8.78 Å². The van der Waals surface area contributed by atoms with Crippen LogP contribution in [-0.2, 0) is 6.54 Å². The van der Waals surface area contributed by atoms with Crippen LogP contribution in [0.2, 0.25) is 0 Å². The number of para-hydroxylation sites is 1. The van der Waals surface area contributed by atoms with Crippen molar-refractivity contribution in [2.24, 2.45) is 0 Å². The first-order valence-corrected chi connectivity index (χ1v) is 4.98. The SMILES string of the molecule is Fc1ccc(F)c(CNc2ccccc2)c1. The number of benzene rings is 2. The average molecular weight is 219 g/mol. The van der Waals surface area contributed by atoms with Gasteiger partial charge in [0.15, 0.2) is 0 Å². The zero-order valence-electron chi connectivity index (χ0n) is 8.58. The van der Waals surface area contributed by atoms with Crippen LogP contribution in [0, 0.1) is 11.6 Å². The maximum atomic E-state index is 13.3. The second kappa shape index (κ2) is 4.75. The maximum absolute atomic E-state index is 13.3. The first-order chi connectivity index (χ1) is 7.75. The van der Waals surface area contributed by atoms with E-state index in [2.05, 4.69) is 5.32 Å². The maximum Gasteiger partial charge on any atom is 0.128 e. The van der Waals surface area contributed by atoms with Gasteiger partial charge in [-0.15, -0.1) is 0 Å². The van der Waals surface area contributed by atoms with Gasteiger partial charge in [0, 0.05) is 17.8 Å². The highest BCUT2D eigenvalue weighted by molar-refractivity contribution is 5.43. The molecule has 0 aliphatic carbocycles. The van der Waals surface area contributed by atoms with Gasteiger partial charge in [-0.3, -0.25) is 0 Å². The molecule has 16 heavy (non-hydrogen) atoms. The zero-order chi connectivity index (χ0) is 11.4. The van der Waals surface area contributed by atoms with Crippen molar-refractivity contribution in [2.75, 3.05) is 5.32 Å². The number of hydrogen-bond acceptors (Lipinski definition) is 1. The molecule has 3 heteroatoms. The van der Waals surface area contributed by atoms with Crippen LogP contribution in [-0.4, -0.2) is 0 Å². The molecule has 0 amide bonds. The smallest absolute Gasteiger partial charge is 0.128 e. The Hall–Kier alpha value is -1.90. The standard InChI is InChI=1S/C13H11F2N/c14-11-6-7-13(15)10(8-11)9-16-12-4-2-1-3-5-12/h1-8,16H,9H2. The summed E-state index contributed by atoms with van der Waals surface area (Å²) in [4.78, 5) is 0. The summed E-state index contributed by atoms with van der Waals surface area (Å²) in [7, 11) is 0. The Labute approximate surface area is 92.7 Å². The quantitative estimate of drug-likeness (QED) is 0.832. The first-order valence-electron chi connectivity index (χ1n) is 4.98. The van der Waals surface area contributed by atoms with E-state index < -0.39 is 11.6 Å². The molecule has 1 nitrogen and oxygen atoms in total. The average Bonchev–Trinajstić information content (AvgIpc) is 2.32. The molecule has 0 radical (unpaired) electrons. The number of nitrogens with one attached hydrogen (secondary N) is 1. The molecule has 0 bridgehead atoms. The Morgan fingerprint density at radius 3 is 2.44 bits per heavy atom. The predicted molar refractivity (Wildman–Crippen MR) is 60.1 cm³/mol. The molecule has 0 unspecified atom stereocenters. The molecule has 2 rings (SSSR count). The normalized spacial score (nSPS) is 10.1. The molecule has 0 spiro atoms. The van der Waals surface area contributed by atoms with Gasteiger partial charge in [0.25, 0.3) is 0 Å². The van der Waals surface area contributed by atoms with E-state index in [1.807, 2.05) is 30.3 Å². The Balaban J connectivity index is 2.08. The van der Waals surface area contributed by atoms with Crippen molar-refractivity contribution in [2.45, 2.75) is 6.54 Å². The summed E-state index contributed by atoms with van der Waals surface area (Å²) >= 11 is 0. The Morgan fingerprint density at radius 2 is 1.69 bits per heavy atom. The predicted octanol–water partition coefficient (Wildman–Crippen LogP) is 3.58. The molecule has 1 N–H and O–H groups in total. The molecule has 82 valence electrons. The van der Waals surface area contributed by atoms with Crippen molar-refractivity contribution in [1.82, 2.24) is 0 Å². The van der Waals surface area contributed by atoms with Crippen LogP contribution in [0.25, 0.3) is 0 Å². The van der Waals surface area contributed by atoms with Crippen LogP contribution in [0.4, 0.5) is 14.5 Å². The highest BCUT2D eigenvalue weighted by Gasteiger charge is 2.03.